The number of nitrogens with zero attached hydrogens (tertiary/aromatic N) is 3. The Hall–Kier alpha value is -3.36. The van der Waals surface area contributed by atoms with Crippen LogP contribution in [0, 0.1) is 25.6 Å². The van der Waals surface area contributed by atoms with Crippen LogP contribution in [0.15, 0.2) is 30.3 Å². The van der Waals surface area contributed by atoms with E-state index in [0.29, 0.717) is 22.5 Å². The average molecular weight is 444 g/mol. The number of carbonyl (C=O) groups is 1. The van der Waals surface area contributed by atoms with E-state index in [1.807, 2.05) is 26.0 Å². The Morgan fingerprint density at radius 1 is 1.19 bits per heavy atom. The van der Waals surface area contributed by atoms with Gasteiger partial charge in [0.25, 0.3) is 0 Å². The number of aromatic nitrogens is 2. The van der Waals surface area contributed by atoms with Crippen molar-refractivity contribution in [3.8, 4) is 0 Å². The maximum absolute atomic E-state index is 13.5. The van der Waals surface area contributed by atoms with Crippen LogP contribution in [-0.2, 0) is 0 Å². The average Bonchev–Trinajstić information content (AvgIpc) is 2.67. The third-order valence-corrected chi connectivity index (χ3v) is 5.71. The Kier molecular flexibility index (Phi) is 5.66. The zero-order valence-electron chi connectivity index (χ0n) is 17.9. The van der Waals surface area contributed by atoms with Crippen molar-refractivity contribution in [2.24, 2.45) is 5.92 Å². The quantitative estimate of drug-likeness (QED) is 0.560. The maximum atomic E-state index is 13.5. The van der Waals surface area contributed by atoms with E-state index in [-0.39, 0.29) is 30.4 Å². The molecule has 1 aromatic heterocycles. The number of hydrogen-bond donors (Lipinski definition) is 2. The number of benzene rings is 2. The largest absolute Gasteiger partial charge is 0.478 e. The number of fused-ring (bicyclic) bond motifs is 1. The second-order valence-corrected chi connectivity index (χ2v) is 8.22. The van der Waals surface area contributed by atoms with Gasteiger partial charge in [-0.25, -0.2) is 27.9 Å². The number of nitrogens with one attached hydrogen (secondary N) is 1. The first kappa shape index (κ1) is 21.9. The van der Waals surface area contributed by atoms with Crippen LogP contribution in [0.1, 0.15) is 40.1 Å². The van der Waals surface area contributed by atoms with Crippen molar-refractivity contribution < 1.29 is 23.1 Å². The second kappa shape index (κ2) is 8.29. The molecule has 9 heteroatoms. The standard InChI is InChI=1S/C23H23F3N4O2/c1-11-6-16(12(2)27-18-5-4-15(24)8-17(18)23(31)32)20-19(7-11)28-13(3)22(29-20)30-9-14(10-30)21(25)26/h4-8,12,14,21,27H,9-10H2,1-3H3,(H,31,32)/t12-/m1/s1. The van der Waals surface area contributed by atoms with Gasteiger partial charge in [-0.3, -0.25) is 0 Å². The van der Waals surface area contributed by atoms with E-state index in [0.717, 1.165) is 17.2 Å². The Morgan fingerprint density at radius 3 is 2.56 bits per heavy atom. The summed E-state index contributed by atoms with van der Waals surface area (Å²) in [6, 6.07) is 7.00. The number of aryl methyl sites for hydroxylation is 2. The summed E-state index contributed by atoms with van der Waals surface area (Å²) in [7, 11) is 0. The van der Waals surface area contributed by atoms with Gasteiger partial charge in [0.05, 0.1) is 34.3 Å². The fourth-order valence-corrected chi connectivity index (χ4v) is 4.02. The predicted octanol–water partition coefficient (Wildman–Crippen LogP) is 4.96. The van der Waals surface area contributed by atoms with Crippen LogP contribution < -0.4 is 10.2 Å². The molecule has 32 heavy (non-hydrogen) atoms. The molecule has 168 valence electrons. The highest BCUT2D eigenvalue weighted by Crippen LogP contribution is 2.33. The molecule has 4 rings (SSSR count). The van der Waals surface area contributed by atoms with Crippen molar-refractivity contribution in [3.63, 3.8) is 0 Å². The van der Waals surface area contributed by atoms with Gasteiger partial charge in [0.15, 0.2) is 5.82 Å². The van der Waals surface area contributed by atoms with Gasteiger partial charge < -0.3 is 15.3 Å². The first-order valence-electron chi connectivity index (χ1n) is 10.3. The monoisotopic (exact) mass is 444 g/mol. The van der Waals surface area contributed by atoms with E-state index < -0.39 is 24.1 Å². The molecule has 0 aliphatic carbocycles. The first-order chi connectivity index (χ1) is 15.1. The number of anilines is 2. The highest BCUT2D eigenvalue weighted by atomic mass is 19.3. The highest BCUT2D eigenvalue weighted by molar-refractivity contribution is 5.94. The summed E-state index contributed by atoms with van der Waals surface area (Å²) in [5, 5.41) is 12.6. The van der Waals surface area contributed by atoms with Gasteiger partial charge >= 0.3 is 5.97 Å². The van der Waals surface area contributed by atoms with E-state index in [2.05, 4.69) is 10.3 Å². The van der Waals surface area contributed by atoms with Crippen LogP contribution in [0.4, 0.5) is 24.7 Å². The molecule has 1 atom stereocenters. The molecule has 6 nitrogen and oxygen atoms in total. The molecule has 1 fully saturated rings. The summed E-state index contributed by atoms with van der Waals surface area (Å²) in [6.45, 7) is 6.03. The second-order valence-electron chi connectivity index (χ2n) is 8.22. The van der Waals surface area contributed by atoms with Gasteiger partial charge in [-0.15, -0.1) is 0 Å². The van der Waals surface area contributed by atoms with E-state index in [1.54, 1.807) is 11.8 Å². The zero-order valence-corrected chi connectivity index (χ0v) is 17.9. The SMILES string of the molecule is Cc1cc([C@@H](C)Nc2ccc(F)cc2C(=O)O)c2nc(N3CC(C(F)F)C3)c(C)nc2c1. The number of carboxylic acid groups (broad SMARTS) is 1. The Bertz CT molecular complexity index is 1200. The van der Waals surface area contributed by atoms with Crippen LogP contribution in [0.5, 0.6) is 0 Å². The first-order valence-corrected chi connectivity index (χ1v) is 10.3. The molecule has 2 N–H and O–H groups in total. The Balaban J connectivity index is 1.72. The van der Waals surface area contributed by atoms with Crippen molar-refractivity contribution in [1.82, 2.24) is 9.97 Å². The molecule has 1 saturated heterocycles. The van der Waals surface area contributed by atoms with Crippen LogP contribution >= 0.6 is 0 Å². The zero-order chi connectivity index (χ0) is 23.2. The molecule has 0 unspecified atom stereocenters. The molecular weight excluding hydrogens is 421 g/mol. The van der Waals surface area contributed by atoms with E-state index >= 15 is 0 Å². The topological polar surface area (TPSA) is 78.3 Å². The molecule has 1 aliphatic rings. The van der Waals surface area contributed by atoms with Crippen LogP contribution in [0.2, 0.25) is 0 Å². The summed E-state index contributed by atoms with van der Waals surface area (Å²) >= 11 is 0. The number of rotatable bonds is 6. The minimum absolute atomic E-state index is 0.171. The molecule has 3 aromatic rings. The summed E-state index contributed by atoms with van der Waals surface area (Å²) in [5.41, 5.74) is 3.77. The molecule has 2 aromatic carbocycles. The Labute approximate surface area is 183 Å². The number of alkyl halides is 2. The third kappa shape index (κ3) is 4.06. The van der Waals surface area contributed by atoms with Gasteiger partial charge in [-0.05, 0) is 50.6 Å². The number of hydrogen-bond acceptors (Lipinski definition) is 5. The molecule has 0 radical (unpaired) electrons. The van der Waals surface area contributed by atoms with E-state index in [9.17, 15) is 23.1 Å². The lowest BCUT2D eigenvalue weighted by molar-refractivity contribution is 0.0610. The van der Waals surface area contributed by atoms with Crippen molar-refractivity contribution in [3.05, 3.63) is 58.5 Å². The smallest absolute Gasteiger partial charge is 0.337 e. The van der Waals surface area contributed by atoms with Crippen molar-refractivity contribution in [2.75, 3.05) is 23.3 Å². The van der Waals surface area contributed by atoms with Crippen LogP contribution in [0.25, 0.3) is 11.0 Å². The van der Waals surface area contributed by atoms with Gasteiger partial charge in [0.2, 0.25) is 6.43 Å². The summed E-state index contributed by atoms with van der Waals surface area (Å²) in [6.07, 6.45) is -2.36. The highest BCUT2D eigenvalue weighted by Gasteiger charge is 2.35. The van der Waals surface area contributed by atoms with Crippen LogP contribution in [-0.4, -0.2) is 40.6 Å². The normalized spacial score (nSPS) is 15.2. The molecule has 1 aliphatic heterocycles. The fourth-order valence-electron chi connectivity index (χ4n) is 4.02. The molecule has 0 saturated carbocycles. The summed E-state index contributed by atoms with van der Waals surface area (Å²) < 4.78 is 39.4. The minimum atomic E-state index is -2.36. The van der Waals surface area contributed by atoms with Gasteiger partial charge in [0, 0.05) is 24.3 Å². The molecule has 0 amide bonds. The summed E-state index contributed by atoms with van der Waals surface area (Å²) in [4.78, 5) is 22.8. The lowest BCUT2D eigenvalue weighted by atomic mass is 10.00. The molecule has 2 heterocycles. The van der Waals surface area contributed by atoms with Crippen molar-refractivity contribution in [1.29, 1.82) is 0 Å². The van der Waals surface area contributed by atoms with Crippen molar-refractivity contribution >= 4 is 28.5 Å². The van der Waals surface area contributed by atoms with E-state index in [1.165, 1.54) is 12.1 Å². The van der Waals surface area contributed by atoms with Gasteiger partial charge in [-0.1, -0.05) is 6.07 Å². The number of carboxylic acids is 1. The lowest BCUT2D eigenvalue weighted by Crippen LogP contribution is -2.50. The lowest BCUT2D eigenvalue weighted by Gasteiger charge is -2.40. The summed E-state index contributed by atoms with van der Waals surface area (Å²) in [5.74, 6) is -1.97. The number of halogens is 3. The Morgan fingerprint density at radius 2 is 1.91 bits per heavy atom. The fraction of sp³-hybridized carbons (Fsp3) is 0.348. The minimum Gasteiger partial charge on any atom is -0.478 e. The molecular formula is C23H23F3N4O2. The van der Waals surface area contributed by atoms with E-state index in [4.69, 9.17) is 4.98 Å². The van der Waals surface area contributed by atoms with Gasteiger partial charge in [-0.2, -0.15) is 0 Å². The van der Waals surface area contributed by atoms with Gasteiger partial charge in [0.1, 0.15) is 5.82 Å². The van der Waals surface area contributed by atoms with Crippen molar-refractivity contribution in [2.45, 2.75) is 33.2 Å². The molecule has 0 spiro atoms. The number of aromatic carboxylic acids is 1. The third-order valence-electron chi connectivity index (χ3n) is 5.71. The predicted molar refractivity (Wildman–Crippen MR) is 116 cm³/mol. The molecule has 0 bridgehead atoms. The van der Waals surface area contributed by atoms with Crippen LogP contribution in [0.3, 0.4) is 0 Å². The maximum Gasteiger partial charge on any atom is 0.337 e.